The lowest BCUT2D eigenvalue weighted by molar-refractivity contribution is -0.189. The summed E-state index contributed by atoms with van der Waals surface area (Å²) < 4.78 is 59.0. The fraction of sp³-hybridized carbons (Fsp3) is 0.318. The van der Waals surface area contributed by atoms with E-state index in [1.807, 2.05) is 13.8 Å². The first kappa shape index (κ1) is 21.8. The first-order valence-electron chi connectivity index (χ1n) is 9.71. The molecule has 0 saturated carbocycles. The van der Waals surface area contributed by atoms with Gasteiger partial charge in [-0.3, -0.25) is 9.36 Å². The number of hydrogen-bond donors (Lipinski definition) is 0. The van der Waals surface area contributed by atoms with Crippen LogP contribution in [0.25, 0.3) is 5.69 Å². The maximum atomic E-state index is 13.8. The Labute approximate surface area is 181 Å². The summed E-state index contributed by atoms with van der Waals surface area (Å²) in [7, 11) is 1.52. The number of esters is 1. The molecule has 168 valence electrons. The summed E-state index contributed by atoms with van der Waals surface area (Å²) in [6.07, 6.45) is -7.17. The smallest absolute Gasteiger partial charge is 0.452 e. The fourth-order valence-electron chi connectivity index (χ4n) is 3.82. The van der Waals surface area contributed by atoms with Gasteiger partial charge in [0.1, 0.15) is 11.9 Å². The van der Waals surface area contributed by atoms with Crippen LogP contribution in [0.4, 0.5) is 13.2 Å². The zero-order valence-corrected chi connectivity index (χ0v) is 17.7. The third-order valence-corrected chi connectivity index (χ3v) is 5.22. The molecule has 0 N–H and O–H groups in total. The molecule has 7 nitrogen and oxygen atoms in total. The Hall–Kier alpha value is -3.40. The van der Waals surface area contributed by atoms with E-state index in [2.05, 4.69) is 10.2 Å². The number of carbonyl (C=O) groups is 1. The van der Waals surface area contributed by atoms with Gasteiger partial charge in [-0.25, -0.2) is 0 Å². The predicted octanol–water partition coefficient (Wildman–Crippen LogP) is 4.59. The van der Waals surface area contributed by atoms with Crippen molar-refractivity contribution in [3.8, 4) is 11.4 Å². The molecule has 32 heavy (non-hydrogen) atoms. The van der Waals surface area contributed by atoms with Crippen LogP contribution in [0, 0.1) is 13.8 Å². The van der Waals surface area contributed by atoms with Gasteiger partial charge in [0.25, 0.3) is 6.29 Å². The molecule has 4 rings (SSSR count). The molecule has 1 aliphatic rings. The van der Waals surface area contributed by atoms with E-state index in [1.54, 1.807) is 36.4 Å². The number of benzene rings is 2. The number of aryl methyl sites for hydroxylation is 1. The van der Waals surface area contributed by atoms with Crippen molar-refractivity contribution in [2.75, 3.05) is 7.11 Å². The number of nitrogens with zero attached hydrogens (tertiary/aromatic N) is 3. The van der Waals surface area contributed by atoms with Crippen LogP contribution in [-0.4, -0.2) is 27.8 Å². The lowest BCUT2D eigenvalue weighted by Gasteiger charge is -2.24. The average Bonchev–Trinajstić information content (AvgIpc) is 3.12. The van der Waals surface area contributed by atoms with Crippen molar-refractivity contribution in [1.82, 2.24) is 14.8 Å². The molecule has 1 aromatic heterocycles. The highest BCUT2D eigenvalue weighted by Gasteiger charge is 2.44. The Morgan fingerprint density at radius 2 is 1.88 bits per heavy atom. The van der Waals surface area contributed by atoms with Crippen LogP contribution in [0.2, 0.25) is 0 Å². The maximum absolute atomic E-state index is 13.8. The minimum Gasteiger partial charge on any atom is -0.496 e. The molecule has 0 amide bonds. The monoisotopic (exact) mass is 447 g/mol. The first-order valence-corrected chi connectivity index (χ1v) is 9.71. The highest BCUT2D eigenvalue weighted by Crippen LogP contribution is 2.44. The zero-order chi connectivity index (χ0) is 23.2. The maximum Gasteiger partial charge on any atom is 0.452 e. The van der Waals surface area contributed by atoms with Crippen LogP contribution in [0.5, 0.6) is 5.75 Å². The minimum atomic E-state index is -4.79. The molecule has 0 radical (unpaired) electrons. The zero-order valence-electron chi connectivity index (χ0n) is 17.7. The summed E-state index contributed by atoms with van der Waals surface area (Å²) in [6.45, 7) is 4.78. The summed E-state index contributed by atoms with van der Waals surface area (Å²) in [4.78, 5) is 11.8. The number of aromatic nitrogens is 3. The van der Waals surface area contributed by atoms with Crippen LogP contribution < -0.4 is 4.74 Å². The molecule has 0 aliphatic carbocycles. The third-order valence-electron chi connectivity index (χ3n) is 5.22. The normalized spacial score (nSPS) is 17.8. The molecular weight excluding hydrogens is 427 g/mol. The van der Waals surface area contributed by atoms with E-state index >= 15 is 0 Å². The van der Waals surface area contributed by atoms with E-state index in [4.69, 9.17) is 14.2 Å². The number of fused-ring (bicyclic) bond motifs is 3. The van der Waals surface area contributed by atoms with Gasteiger partial charge >= 0.3 is 12.1 Å². The molecule has 0 bridgehead atoms. The molecule has 0 saturated heterocycles. The van der Waals surface area contributed by atoms with Crippen molar-refractivity contribution in [1.29, 1.82) is 0 Å². The van der Waals surface area contributed by atoms with Crippen molar-refractivity contribution in [2.24, 2.45) is 0 Å². The predicted molar refractivity (Wildman–Crippen MR) is 106 cm³/mol. The van der Waals surface area contributed by atoms with E-state index in [-0.39, 0.29) is 11.5 Å². The van der Waals surface area contributed by atoms with Crippen molar-refractivity contribution in [3.05, 3.63) is 70.3 Å². The minimum absolute atomic E-state index is 0.185. The third kappa shape index (κ3) is 3.70. The number of methoxy groups -OCH3 is 1. The van der Waals surface area contributed by atoms with Crippen LogP contribution in [0.3, 0.4) is 0 Å². The second kappa shape index (κ2) is 7.94. The van der Waals surface area contributed by atoms with Crippen LogP contribution in [0.1, 0.15) is 53.2 Å². The molecule has 2 heterocycles. The Morgan fingerprint density at radius 1 is 1.12 bits per heavy atom. The van der Waals surface area contributed by atoms with Crippen molar-refractivity contribution >= 4 is 5.97 Å². The van der Waals surface area contributed by atoms with Gasteiger partial charge in [-0.05, 0) is 37.1 Å². The van der Waals surface area contributed by atoms with Gasteiger partial charge in [0.2, 0.25) is 11.6 Å². The van der Waals surface area contributed by atoms with Crippen LogP contribution >= 0.6 is 0 Å². The van der Waals surface area contributed by atoms with Gasteiger partial charge in [-0.1, -0.05) is 29.8 Å². The van der Waals surface area contributed by atoms with E-state index in [0.717, 1.165) is 22.6 Å². The second-order valence-electron chi connectivity index (χ2n) is 7.41. The van der Waals surface area contributed by atoms with E-state index in [1.165, 1.54) is 7.11 Å². The summed E-state index contributed by atoms with van der Waals surface area (Å²) in [5.74, 6) is -1.66. The van der Waals surface area contributed by atoms with Gasteiger partial charge in [-0.15, -0.1) is 10.2 Å². The van der Waals surface area contributed by atoms with Gasteiger partial charge in [0, 0.05) is 12.5 Å². The molecule has 2 atom stereocenters. The van der Waals surface area contributed by atoms with Gasteiger partial charge < -0.3 is 14.2 Å². The molecule has 0 unspecified atom stereocenters. The Bertz CT molecular complexity index is 1190. The average molecular weight is 447 g/mol. The van der Waals surface area contributed by atoms with E-state index in [9.17, 15) is 18.0 Å². The molecule has 0 fully saturated rings. The highest BCUT2D eigenvalue weighted by molar-refractivity contribution is 5.66. The van der Waals surface area contributed by atoms with E-state index < -0.39 is 30.4 Å². The summed E-state index contributed by atoms with van der Waals surface area (Å²) in [5.41, 5.74) is 2.84. The SMILES string of the molecule is COc1cccc([C@H]2O[C@H](OC(C)=O)c3nnc(C(F)(F)F)n3-c3ccc(C)cc32)c1C. The van der Waals surface area contributed by atoms with Crippen LogP contribution in [-0.2, 0) is 20.4 Å². The lowest BCUT2D eigenvalue weighted by atomic mass is 9.94. The lowest BCUT2D eigenvalue weighted by Crippen LogP contribution is -2.18. The number of rotatable bonds is 3. The van der Waals surface area contributed by atoms with Crippen molar-refractivity contribution in [3.63, 3.8) is 0 Å². The quantitative estimate of drug-likeness (QED) is 0.547. The Balaban J connectivity index is 2.03. The molecule has 3 aromatic rings. The van der Waals surface area contributed by atoms with Crippen LogP contribution in [0.15, 0.2) is 36.4 Å². The molecule has 2 aromatic carbocycles. The highest BCUT2D eigenvalue weighted by atomic mass is 19.4. The number of halogens is 3. The molecule has 0 spiro atoms. The topological polar surface area (TPSA) is 75.5 Å². The standard InChI is InChI=1S/C22H20F3N3O4/c1-11-8-9-16-15(10-11)18(14-6-5-7-17(30-4)12(14)2)32-20(31-13(3)29)19-26-27-21(28(16)19)22(23,24)25/h5-10,18,20H,1-4H3/t18-,20+/m1/s1. The van der Waals surface area contributed by atoms with Crippen molar-refractivity contribution < 1.29 is 32.2 Å². The molecular formula is C22H20F3N3O4. The molecule has 1 aliphatic heterocycles. The van der Waals surface area contributed by atoms with Crippen molar-refractivity contribution in [2.45, 2.75) is 39.3 Å². The van der Waals surface area contributed by atoms with Gasteiger partial charge in [0.05, 0.1) is 12.8 Å². The largest absolute Gasteiger partial charge is 0.496 e. The summed E-state index contributed by atoms with van der Waals surface area (Å²) in [6, 6.07) is 10.3. The second-order valence-corrected chi connectivity index (χ2v) is 7.41. The van der Waals surface area contributed by atoms with Gasteiger partial charge in [-0.2, -0.15) is 13.2 Å². The summed E-state index contributed by atoms with van der Waals surface area (Å²) >= 11 is 0. The van der Waals surface area contributed by atoms with E-state index in [0.29, 0.717) is 16.9 Å². The fourth-order valence-corrected chi connectivity index (χ4v) is 3.82. The number of ether oxygens (including phenoxy) is 3. The Morgan fingerprint density at radius 3 is 2.53 bits per heavy atom. The number of hydrogen-bond acceptors (Lipinski definition) is 6. The molecule has 10 heteroatoms. The van der Waals surface area contributed by atoms with Gasteiger partial charge in [0.15, 0.2) is 0 Å². The first-order chi connectivity index (χ1) is 15.1. The Kier molecular flexibility index (Phi) is 5.41. The number of carbonyl (C=O) groups excluding carboxylic acids is 1. The number of alkyl halides is 3. The summed E-state index contributed by atoms with van der Waals surface area (Å²) in [5, 5.41) is 7.02.